The van der Waals surface area contributed by atoms with Gasteiger partial charge < -0.3 is 16.2 Å². The molecule has 0 aliphatic heterocycles. The highest BCUT2D eigenvalue weighted by Crippen LogP contribution is 2.26. The van der Waals surface area contributed by atoms with Crippen LogP contribution in [0.5, 0.6) is 5.75 Å². The van der Waals surface area contributed by atoms with Crippen LogP contribution in [0, 0.1) is 6.92 Å². The number of aromatic nitrogens is 2. The Bertz CT molecular complexity index is 557. The van der Waals surface area contributed by atoms with Crippen LogP contribution in [-0.2, 0) is 0 Å². The third-order valence-corrected chi connectivity index (χ3v) is 2.82. The molecule has 0 saturated heterocycles. The first-order valence-electron chi connectivity index (χ1n) is 6.28. The number of nitrogens with two attached hydrogens (primary N) is 1. The maximum atomic E-state index is 9.79. The molecule has 19 heavy (non-hydrogen) atoms. The van der Waals surface area contributed by atoms with Crippen LogP contribution in [0.25, 0.3) is 11.4 Å². The molecule has 100 valence electrons. The highest BCUT2D eigenvalue weighted by atomic mass is 16.3. The van der Waals surface area contributed by atoms with Crippen molar-refractivity contribution in [3.8, 4) is 17.1 Å². The van der Waals surface area contributed by atoms with Crippen molar-refractivity contribution in [3.63, 3.8) is 0 Å². The molecule has 0 saturated carbocycles. The van der Waals surface area contributed by atoms with Gasteiger partial charge in [-0.2, -0.15) is 0 Å². The van der Waals surface area contributed by atoms with E-state index >= 15 is 0 Å². The summed E-state index contributed by atoms with van der Waals surface area (Å²) in [5.74, 6) is 0.714. The minimum absolute atomic E-state index is 0.186. The van der Waals surface area contributed by atoms with E-state index in [4.69, 9.17) is 5.73 Å². The van der Waals surface area contributed by atoms with E-state index in [0.29, 0.717) is 17.9 Å². The maximum Gasteiger partial charge on any atom is 0.163 e. The highest BCUT2D eigenvalue weighted by molar-refractivity contribution is 5.64. The molecule has 0 aliphatic rings. The number of nitrogens with zero attached hydrogens (tertiary/aromatic N) is 2. The smallest absolute Gasteiger partial charge is 0.163 e. The quantitative estimate of drug-likeness (QED) is 0.713. The van der Waals surface area contributed by atoms with Crippen LogP contribution < -0.4 is 11.1 Å². The summed E-state index contributed by atoms with van der Waals surface area (Å²) in [7, 11) is 0. The molecule has 5 nitrogen and oxygen atoms in total. The first kappa shape index (κ1) is 13.3. The van der Waals surface area contributed by atoms with Crippen molar-refractivity contribution < 1.29 is 5.11 Å². The second-order valence-electron chi connectivity index (χ2n) is 4.28. The summed E-state index contributed by atoms with van der Waals surface area (Å²) in [5.41, 5.74) is 7.83. The SMILES string of the molecule is Cc1nc(-c2ccccc2O)ncc1NCCCN. The molecule has 0 bridgehead atoms. The van der Waals surface area contributed by atoms with E-state index in [2.05, 4.69) is 15.3 Å². The molecule has 0 unspecified atom stereocenters. The Morgan fingerprint density at radius 2 is 2.11 bits per heavy atom. The van der Waals surface area contributed by atoms with Gasteiger partial charge >= 0.3 is 0 Å². The Kier molecular flexibility index (Phi) is 4.30. The summed E-state index contributed by atoms with van der Waals surface area (Å²) >= 11 is 0. The van der Waals surface area contributed by atoms with Crippen LogP contribution in [0.4, 0.5) is 5.69 Å². The van der Waals surface area contributed by atoms with Crippen LogP contribution in [0.1, 0.15) is 12.1 Å². The zero-order valence-corrected chi connectivity index (χ0v) is 10.9. The van der Waals surface area contributed by atoms with E-state index in [0.717, 1.165) is 24.3 Å². The van der Waals surface area contributed by atoms with Gasteiger partial charge in [-0.15, -0.1) is 0 Å². The van der Waals surface area contributed by atoms with Gasteiger partial charge in [-0.05, 0) is 32.0 Å². The van der Waals surface area contributed by atoms with E-state index in [1.54, 1.807) is 24.4 Å². The Balaban J connectivity index is 2.21. The summed E-state index contributed by atoms with van der Waals surface area (Å²) < 4.78 is 0. The van der Waals surface area contributed by atoms with Gasteiger partial charge in [-0.25, -0.2) is 9.97 Å². The number of para-hydroxylation sites is 1. The van der Waals surface area contributed by atoms with E-state index in [1.165, 1.54) is 0 Å². The summed E-state index contributed by atoms with van der Waals surface area (Å²) in [6.45, 7) is 3.37. The van der Waals surface area contributed by atoms with Crippen molar-refractivity contribution >= 4 is 5.69 Å². The number of phenolic OH excluding ortho intramolecular Hbond substituents is 1. The molecule has 0 spiro atoms. The van der Waals surface area contributed by atoms with Gasteiger partial charge in [0.2, 0.25) is 0 Å². The van der Waals surface area contributed by atoms with Crippen molar-refractivity contribution in [3.05, 3.63) is 36.2 Å². The third kappa shape index (κ3) is 3.20. The van der Waals surface area contributed by atoms with Gasteiger partial charge in [0.15, 0.2) is 5.82 Å². The molecule has 0 amide bonds. The molecule has 1 heterocycles. The number of phenols is 1. The second-order valence-corrected chi connectivity index (χ2v) is 4.28. The predicted molar refractivity (Wildman–Crippen MR) is 76.0 cm³/mol. The summed E-state index contributed by atoms with van der Waals surface area (Å²) in [4.78, 5) is 8.70. The average Bonchev–Trinajstić information content (AvgIpc) is 2.41. The van der Waals surface area contributed by atoms with Crippen molar-refractivity contribution in [2.75, 3.05) is 18.4 Å². The summed E-state index contributed by atoms with van der Waals surface area (Å²) in [6, 6.07) is 7.04. The van der Waals surface area contributed by atoms with Crippen molar-refractivity contribution in [1.82, 2.24) is 9.97 Å². The normalized spacial score (nSPS) is 10.4. The lowest BCUT2D eigenvalue weighted by Crippen LogP contribution is -2.10. The van der Waals surface area contributed by atoms with Crippen LogP contribution in [0.2, 0.25) is 0 Å². The molecule has 1 aromatic carbocycles. The lowest BCUT2D eigenvalue weighted by molar-refractivity contribution is 0.477. The molecule has 5 heteroatoms. The van der Waals surface area contributed by atoms with Crippen LogP contribution >= 0.6 is 0 Å². The fourth-order valence-electron chi connectivity index (χ4n) is 1.76. The number of nitrogens with one attached hydrogen (secondary N) is 1. The first-order chi connectivity index (χ1) is 9.22. The molecule has 2 rings (SSSR count). The van der Waals surface area contributed by atoms with Gasteiger partial charge in [0, 0.05) is 6.54 Å². The Labute approximate surface area is 112 Å². The van der Waals surface area contributed by atoms with Crippen molar-refractivity contribution in [2.24, 2.45) is 5.73 Å². The van der Waals surface area contributed by atoms with Gasteiger partial charge in [0.05, 0.1) is 23.1 Å². The average molecular weight is 258 g/mol. The number of benzene rings is 1. The van der Waals surface area contributed by atoms with E-state index in [9.17, 15) is 5.11 Å². The minimum atomic E-state index is 0.186. The Hall–Kier alpha value is -2.14. The zero-order valence-electron chi connectivity index (χ0n) is 10.9. The largest absolute Gasteiger partial charge is 0.507 e. The molecule has 0 atom stereocenters. The predicted octanol–water partition coefficient (Wildman–Crippen LogP) is 1.92. The van der Waals surface area contributed by atoms with Crippen molar-refractivity contribution in [1.29, 1.82) is 0 Å². The lowest BCUT2D eigenvalue weighted by atomic mass is 10.2. The summed E-state index contributed by atoms with van der Waals surface area (Å²) in [5, 5.41) is 13.0. The van der Waals surface area contributed by atoms with E-state index in [-0.39, 0.29) is 5.75 Å². The second kappa shape index (κ2) is 6.15. The number of aryl methyl sites for hydroxylation is 1. The minimum Gasteiger partial charge on any atom is -0.507 e. The fraction of sp³-hybridized carbons (Fsp3) is 0.286. The number of anilines is 1. The Morgan fingerprint density at radius 1 is 1.32 bits per heavy atom. The highest BCUT2D eigenvalue weighted by Gasteiger charge is 2.08. The van der Waals surface area contributed by atoms with E-state index < -0.39 is 0 Å². The fourth-order valence-corrected chi connectivity index (χ4v) is 1.76. The standard InChI is InChI=1S/C14H18N4O/c1-10-12(16-8-4-7-15)9-17-14(18-10)11-5-2-3-6-13(11)19/h2-3,5-6,9,16,19H,4,7-8,15H2,1H3. The molecule has 0 fully saturated rings. The van der Waals surface area contributed by atoms with Crippen LogP contribution in [0.15, 0.2) is 30.5 Å². The number of rotatable bonds is 5. The van der Waals surface area contributed by atoms with E-state index in [1.807, 2.05) is 13.0 Å². The molecule has 1 aromatic heterocycles. The zero-order chi connectivity index (χ0) is 13.7. The van der Waals surface area contributed by atoms with Gasteiger partial charge in [-0.3, -0.25) is 0 Å². The molecule has 4 N–H and O–H groups in total. The Morgan fingerprint density at radius 3 is 2.79 bits per heavy atom. The lowest BCUT2D eigenvalue weighted by Gasteiger charge is -2.09. The molecule has 0 aliphatic carbocycles. The molecule has 0 radical (unpaired) electrons. The molecular weight excluding hydrogens is 240 g/mol. The number of hydrogen-bond acceptors (Lipinski definition) is 5. The maximum absolute atomic E-state index is 9.79. The van der Waals surface area contributed by atoms with Crippen LogP contribution in [0.3, 0.4) is 0 Å². The first-order valence-corrected chi connectivity index (χ1v) is 6.28. The molecular formula is C14H18N4O. The number of aromatic hydroxyl groups is 1. The van der Waals surface area contributed by atoms with Gasteiger partial charge in [-0.1, -0.05) is 12.1 Å². The van der Waals surface area contributed by atoms with Gasteiger partial charge in [0.1, 0.15) is 5.75 Å². The molecule has 2 aromatic rings. The van der Waals surface area contributed by atoms with Crippen molar-refractivity contribution in [2.45, 2.75) is 13.3 Å². The number of hydrogen-bond donors (Lipinski definition) is 3. The summed E-state index contributed by atoms with van der Waals surface area (Å²) in [6.07, 6.45) is 2.64. The van der Waals surface area contributed by atoms with Crippen LogP contribution in [-0.4, -0.2) is 28.2 Å². The van der Waals surface area contributed by atoms with Gasteiger partial charge in [0.25, 0.3) is 0 Å². The monoisotopic (exact) mass is 258 g/mol. The topological polar surface area (TPSA) is 84.1 Å². The third-order valence-electron chi connectivity index (χ3n) is 2.82.